The fraction of sp³-hybridized carbons (Fsp3) is 0. The largest absolute Gasteiger partial charge is 0.508 e. The van der Waals surface area contributed by atoms with Gasteiger partial charge in [-0.3, -0.25) is 0 Å². The van der Waals surface area contributed by atoms with E-state index in [2.05, 4.69) is 11.8 Å². The lowest BCUT2D eigenvalue weighted by molar-refractivity contribution is 0.474. The summed E-state index contributed by atoms with van der Waals surface area (Å²) in [5.41, 5.74) is 1.68. The molecule has 0 aliphatic rings. The second kappa shape index (κ2) is 4.41. The van der Waals surface area contributed by atoms with E-state index in [1.165, 1.54) is 0 Å². The Morgan fingerprint density at radius 3 is 1.19 bits per heavy atom. The maximum atomic E-state index is 9.10. The lowest BCUT2D eigenvalue weighted by atomic mass is 10.2. The number of aromatic hydroxyl groups is 2. The van der Waals surface area contributed by atoms with Gasteiger partial charge in [0.2, 0.25) is 0 Å². The number of hydrogen-bond donors (Lipinski definition) is 2. The van der Waals surface area contributed by atoms with Crippen LogP contribution in [-0.2, 0) is 0 Å². The molecule has 2 aromatic carbocycles. The molecule has 0 fully saturated rings. The van der Waals surface area contributed by atoms with E-state index >= 15 is 0 Å². The van der Waals surface area contributed by atoms with Gasteiger partial charge in [0, 0.05) is 11.1 Å². The Hall–Kier alpha value is -2.40. The lowest BCUT2D eigenvalue weighted by Crippen LogP contribution is -1.75. The summed E-state index contributed by atoms with van der Waals surface area (Å²) in [5, 5.41) is 18.2. The van der Waals surface area contributed by atoms with E-state index in [0.717, 1.165) is 11.1 Å². The normalized spacial score (nSPS) is 9.25. The van der Waals surface area contributed by atoms with Gasteiger partial charge in [0.1, 0.15) is 11.5 Å². The topological polar surface area (TPSA) is 40.5 Å². The van der Waals surface area contributed by atoms with Crippen LogP contribution in [0.2, 0.25) is 0 Å². The van der Waals surface area contributed by atoms with Crippen molar-refractivity contribution in [2.24, 2.45) is 0 Å². The molecule has 0 amide bonds. The lowest BCUT2D eigenvalue weighted by Gasteiger charge is -1.92. The molecular formula is C14H10O2. The molecule has 78 valence electrons. The highest BCUT2D eigenvalue weighted by molar-refractivity contribution is 5.45. The Morgan fingerprint density at radius 2 is 0.875 bits per heavy atom. The van der Waals surface area contributed by atoms with Gasteiger partial charge in [0.15, 0.2) is 0 Å². The quantitative estimate of drug-likeness (QED) is 0.656. The summed E-state index contributed by atoms with van der Waals surface area (Å²) in [6, 6.07) is 13.4. The van der Waals surface area contributed by atoms with E-state index in [1.54, 1.807) is 48.5 Å². The van der Waals surface area contributed by atoms with E-state index in [4.69, 9.17) is 10.2 Å². The van der Waals surface area contributed by atoms with Gasteiger partial charge >= 0.3 is 0 Å². The molecule has 0 heterocycles. The molecule has 0 atom stereocenters. The van der Waals surface area contributed by atoms with Gasteiger partial charge in [0.25, 0.3) is 0 Å². The smallest absolute Gasteiger partial charge is 0.115 e. The van der Waals surface area contributed by atoms with Crippen molar-refractivity contribution in [2.75, 3.05) is 0 Å². The highest BCUT2D eigenvalue weighted by Gasteiger charge is 1.89. The minimum atomic E-state index is 0.232. The Kier molecular flexibility index (Phi) is 2.79. The SMILES string of the molecule is Oc1ccc(C#Cc2ccc(O)cc2)cc1. The number of phenolic OH excluding ortho intramolecular Hbond substituents is 2. The fourth-order valence-corrected chi connectivity index (χ4v) is 1.23. The first-order valence-corrected chi connectivity index (χ1v) is 4.84. The van der Waals surface area contributed by atoms with Crippen LogP contribution in [0.1, 0.15) is 11.1 Å². The summed E-state index contributed by atoms with van der Waals surface area (Å²) in [5.74, 6) is 6.39. The molecule has 2 heteroatoms. The minimum absolute atomic E-state index is 0.232. The first kappa shape index (κ1) is 10.1. The Bertz CT molecular complexity index is 478. The molecule has 2 aromatic rings. The summed E-state index contributed by atoms with van der Waals surface area (Å²) in [7, 11) is 0. The zero-order valence-electron chi connectivity index (χ0n) is 8.51. The van der Waals surface area contributed by atoms with Crippen LogP contribution >= 0.6 is 0 Å². The summed E-state index contributed by atoms with van der Waals surface area (Å²) >= 11 is 0. The molecule has 16 heavy (non-hydrogen) atoms. The van der Waals surface area contributed by atoms with Crippen molar-refractivity contribution in [3.8, 4) is 23.3 Å². The third kappa shape index (κ3) is 2.55. The monoisotopic (exact) mass is 210 g/mol. The highest BCUT2D eigenvalue weighted by Crippen LogP contribution is 2.10. The Morgan fingerprint density at radius 1 is 0.562 bits per heavy atom. The predicted molar refractivity (Wildman–Crippen MR) is 62.2 cm³/mol. The summed E-state index contributed by atoms with van der Waals surface area (Å²) in [4.78, 5) is 0. The van der Waals surface area contributed by atoms with Gasteiger partial charge in [-0.1, -0.05) is 11.8 Å². The van der Waals surface area contributed by atoms with Crippen molar-refractivity contribution in [1.29, 1.82) is 0 Å². The molecule has 2 nitrogen and oxygen atoms in total. The van der Waals surface area contributed by atoms with E-state index in [9.17, 15) is 0 Å². The molecule has 0 aromatic heterocycles. The van der Waals surface area contributed by atoms with Crippen LogP contribution in [0.4, 0.5) is 0 Å². The van der Waals surface area contributed by atoms with E-state index < -0.39 is 0 Å². The van der Waals surface area contributed by atoms with Crippen molar-refractivity contribution in [1.82, 2.24) is 0 Å². The van der Waals surface area contributed by atoms with Crippen molar-refractivity contribution in [2.45, 2.75) is 0 Å². The molecule has 0 aliphatic carbocycles. The van der Waals surface area contributed by atoms with E-state index in [1.807, 2.05) is 0 Å². The van der Waals surface area contributed by atoms with E-state index in [0.29, 0.717) is 0 Å². The third-order valence-electron chi connectivity index (χ3n) is 2.09. The van der Waals surface area contributed by atoms with Gasteiger partial charge in [0.05, 0.1) is 0 Å². The summed E-state index contributed by atoms with van der Waals surface area (Å²) in [6.45, 7) is 0. The highest BCUT2D eigenvalue weighted by atomic mass is 16.3. The number of benzene rings is 2. The van der Waals surface area contributed by atoms with Crippen molar-refractivity contribution < 1.29 is 10.2 Å². The average Bonchev–Trinajstić information content (AvgIpc) is 2.30. The molecule has 2 N–H and O–H groups in total. The first-order chi connectivity index (χ1) is 7.74. The number of rotatable bonds is 0. The Balaban J connectivity index is 2.21. The maximum Gasteiger partial charge on any atom is 0.115 e. The van der Waals surface area contributed by atoms with Crippen LogP contribution in [0.3, 0.4) is 0 Å². The van der Waals surface area contributed by atoms with Gasteiger partial charge in [-0.2, -0.15) is 0 Å². The first-order valence-electron chi connectivity index (χ1n) is 4.84. The van der Waals surface area contributed by atoms with Crippen LogP contribution in [0.15, 0.2) is 48.5 Å². The minimum Gasteiger partial charge on any atom is -0.508 e. The number of phenols is 2. The van der Waals surface area contributed by atoms with Crippen LogP contribution in [0.5, 0.6) is 11.5 Å². The molecule has 0 saturated heterocycles. The van der Waals surface area contributed by atoms with Gasteiger partial charge < -0.3 is 10.2 Å². The molecule has 0 radical (unpaired) electrons. The van der Waals surface area contributed by atoms with Gasteiger partial charge in [-0.15, -0.1) is 0 Å². The average molecular weight is 210 g/mol. The van der Waals surface area contributed by atoms with Crippen molar-refractivity contribution in [3.63, 3.8) is 0 Å². The van der Waals surface area contributed by atoms with E-state index in [-0.39, 0.29) is 11.5 Å². The second-order valence-electron chi connectivity index (χ2n) is 3.34. The van der Waals surface area contributed by atoms with Crippen LogP contribution < -0.4 is 0 Å². The second-order valence-corrected chi connectivity index (χ2v) is 3.34. The summed E-state index contributed by atoms with van der Waals surface area (Å²) < 4.78 is 0. The molecule has 0 saturated carbocycles. The van der Waals surface area contributed by atoms with Crippen LogP contribution in [0.25, 0.3) is 0 Å². The number of hydrogen-bond acceptors (Lipinski definition) is 2. The van der Waals surface area contributed by atoms with Crippen molar-refractivity contribution >= 4 is 0 Å². The van der Waals surface area contributed by atoms with Crippen molar-refractivity contribution in [3.05, 3.63) is 59.7 Å². The molecule has 0 aliphatic heterocycles. The Labute approximate surface area is 93.8 Å². The standard InChI is InChI=1S/C14H10O2/c15-13-7-3-11(4-8-13)1-2-12-5-9-14(16)10-6-12/h3-10,15-16H. The summed E-state index contributed by atoms with van der Waals surface area (Å²) in [6.07, 6.45) is 0. The third-order valence-corrected chi connectivity index (χ3v) is 2.09. The zero-order chi connectivity index (χ0) is 11.4. The molecule has 2 rings (SSSR count). The maximum absolute atomic E-state index is 9.10. The predicted octanol–water partition coefficient (Wildman–Crippen LogP) is 2.50. The fourth-order valence-electron chi connectivity index (χ4n) is 1.23. The van der Waals surface area contributed by atoms with Crippen LogP contribution in [-0.4, -0.2) is 10.2 Å². The molecular weight excluding hydrogens is 200 g/mol. The van der Waals surface area contributed by atoms with Gasteiger partial charge in [-0.05, 0) is 48.5 Å². The molecule has 0 unspecified atom stereocenters. The molecule has 0 bridgehead atoms. The zero-order valence-corrected chi connectivity index (χ0v) is 8.51. The van der Waals surface area contributed by atoms with Crippen LogP contribution in [0, 0.1) is 11.8 Å². The van der Waals surface area contributed by atoms with Gasteiger partial charge in [-0.25, -0.2) is 0 Å². The molecule has 0 spiro atoms.